The van der Waals surface area contributed by atoms with E-state index in [0.717, 1.165) is 6.42 Å². The first-order chi connectivity index (χ1) is 7.84. The molecule has 0 unspecified atom stereocenters. The molecule has 0 saturated carbocycles. The molecule has 1 heterocycles. The van der Waals surface area contributed by atoms with Crippen LogP contribution in [0, 0.1) is 0 Å². The Morgan fingerprint density at radius 3 is 2.81 bits per heavy atom. The van der Waals surface area contributed by atoms with Gasteiger partial charge in [0.25, 0.3) is 0 Å². The van der Waals surface area contributed by atoms with E-state index in [1.54, 1.807) is 18.3 Å². The molecule has 0 bridgehead atoms. The van der Waals surface area contributed by atoms with Gasteiger partial charge in [0.05, 0.1) is 5.69 Å². The Morgan fingerprint density at radius 2 is 2.12 bits per heavy atom. The fourth-order valence-corrected chi connectivity index (χ4v) is 1.63. The summed E-state index contributed by atoms with van der Waals surface area (Å²) < 4.78 is 0. The minimum Gasteiger partial charge on any atom is -0.359 e. The van der Waals surface area contributed by atoms with Crippen molar-refractivity contribution in [1.82, 2.24) is 4.98 Å². The number of carbonyl (C=O) groups excluding carboxylic acids is 1. The van der Waals surface area contributed by atoms with Crippen LogP contribution in [0.15, 0.2) is 30.5 Å². The van der Waals surface area contributed by atoms with Crippen LogP contribution in [0.1, 0.15) is 55.9 Å². The van der Waals surface area contributed by atoms with Gasteiger partial charge in [0.15, 0.2) is 0 Å². The number of allylic oxidation sites excluding steroid dienone is 2. The normalized spacial score (nSPS) is 11.1. The molecule has 2 nitrogen and oxygen atoms in total. The summed E-state index contributed by atoms with van der Waals surface area (Å²) in [6.07, 6.45) is 12.8. The maximum absolute atomic E-state index is 11.5. The summed E-state index contributed by atoms with van der Waals surface area (Å²) in [5.41, 5.74) is 0.669. The molecule has 1 aromatic rings. The van der Waals surface area contributed by atoms with E-state index in [4.69, 9.17) is 0 Å². The predicted octanol–water partition coefficient (Wildman–Crippen LogP) is 4.11. The standard InChI is InChI=1S/C14H21NO/c1-2-3-4-5-6-7-8-11-14(16)13-10-9-12-15-13/h8-12,15H,2-7H2,1H3/b11-8+. The Balaban J connectivity index is 2.11. The third-order valence-electron chi connectivity index (χ3n) is 2.61. The van der Waals surface area contributed by atoms with Crippen molar-refractivity contribution in [3.8, 4) is 0 Å². The highest BCUT2D eigenvalue weighted by molar-refractivity contribution is 6.02. The zero-order valence-corrected chi connectivity index (χ0v) is 10.0. The molecule has 0 saturated heterocycles. The van der Waals surface area contributed by atoms with Gasteiger partial charge in [-0.25, -0.2) is 0 Å². The Kier molecular flexibility index (Phi) is 6.31. The van der Waals surface area contributed by atoms with Crippen molar-refractivity contribution in [3.05, 3.63) is 36.2 Å². The molecule has 88 valence electrons. The van der Waals surface area contributed by atoms with Crippen LogP contribution in [0.25, 0.3) is 0 Å². The molecule has 0 aliphatic carbocycles. The van der Waals surface area contributed by atoms with Crippen molar-refractivity contribution in [2.75, 3.05) is 0 Å². The van der Waals surface area contributed by atoms with Gasteiger partial charge in [0, 0.05) is 6.20 Å². The largest absolute Gasteiger partial charge is 0.359 e. The number of rotatable bonds is 8. The zero-order chi connectivity index (χ0) is 11.6. The Bertz CT molecular complexity index is 311. The smallest absolute Gasteiger partial charge is 0.201 e. The molecule has 0 aliphatic heterocycles. The highest BCUT2D eigenvalue weighted by Gasteiger charge is 1.99. The molecular weight excluding hydrogens is 198 g/mol. The summed E-state index contributed by atoms with van der Waals surface area (Å²) >= 11 is 0. The van der Waals surface area contributed by atoms with E-state index in [9.17, 15) is 4.79 Å². The number of unbranched alkanes of at least 4 members (excludes halogenated alkanes) is 5. The highest BCUT2D eigenvalue weighted by atomic mass is 16.1. The first-order valence-electron chi connectivity index (χ1n) is 6.19. The lowest BCUT2D eigenvalue weighted by Crippen LogP contribution is -1.93. The second-order valence-electron chi connectivity index (χ2n) is 4.05. The molecule has 1 rings (SSSR count). The molecule has 0 atom stereocenters. The van der Waals surface area contributed by atoms with Crippen molar-refractivity contribution >= 4 is 5.78 Å². The van der Waals surface area contributed by atoms with Crippen LogP contribution in [-0.4, -0.2) is 10.8 Å². The summed E-state index contributed by atoms with van der Waals surface area (Å²) in [6, 6.07) is 3.64. The number of aromatic nitrogens is 1. The van der Waals surface area contributed by atoms with E-state index in [2.05, 4.69) is 11.9 Å². The van der Waals surface area contributed by atoms with Crippen molar-refractivity contribution in [1.29, 1.82) is 0 Å². The van der Waals surface area contributed by atoms with E-state index < -0.39 is 0 Å². The monoisotopic (exact) mass is 219 g/mol. The SMILES string of the molecule is CCCCCCC/C=C/C(=O)c1ccc[nH]1. The van der Waals surface area contributed by atoms with Crippen molar-refractivity contribution < 1.29 is 4.79 Å². The summed E-state index contributed by atoms with van der Waals surface area (Å²) in [5, 5.41) is 0. The molecule has 0 radical (unpaired) electrons. The van der Waals surface area contributed by atoms with Crippen LogP contribution in [0.2, 0.25) is 0 Å². The van der Waals surface area contributed by atoms with Gasteiger partial charge in [-0.1, -0.05) is 38.7 Å². The van der Waals surface area contributed by atoms with Gasteiger partial charge in [-0.15, -0.1) is 0 Å². The quantitative estimate of drug-likeness (QED) is 0.398. The topological polar surface area (TPSA) is 32.9 Å². The molecular formula is C14H21NO. The summed E-state index contributed by atoms with van der Waals surface area (Å²) in [5.74, 6) is 0.0681. The van der Waals surface area contributed by atoms with Gasteiger partial charge in [-0.2, -0.15) is 0 Å². The van der Waals surface area contributed by atoms with Gasteiger partial charge < -0.3 is 4.98 Å². The van der Waals surface area contributed by atoms with Gasteiger partial charge in [0.1, 0.15) is 0 Å². The van der Waals surface area contributed by atoms with Crippen molar-refractivity contribution in [2.45, 2.75) is 45.4 Å². The number of hydrogen-bond acceptors (Lipinski definition) is 1. The number of hydrogen-bond donors (Lipinski definition) is 1. The van der Waals surface area contributed by atoms with E-state index in [1.165, 1.54) is 32.1 Å². The van der Waals surface area contributed by atoms with Crippen LogP contribution in [0.5, 0.6) is 0 Å². The van der Waals surface area contributed by atoms with Crippen LogP contribution in [-0.2, 0) is 0 Å². The van der Waals surface area contributed by atoms with Crippen LogP contribution in [0.3, 0.4) is 0 Å². The predicted molar refractivity (Wildman–Crippen MR) is 67.6 cm³/mol. The van der Waals surface area contributed by atoms with Crippen LogP contribution >= 0.6 is 0 Å². The number of nitrogens with one attached hydrogen (secondary N) is 1. The molecule has 0 spiro atoms. The molecule has 16 heavy (non-hydrogen) atoms. The average molecular weight is 219 g/mol. The van der Waals surface area contributed by atoms with Crippen molar-refractivity contribution in [2.24, 2.45) is 0 Å². The maximum atomic E-state index is 11.5. The second-order valence-corrected chi connectivity index (χ2v) is 4.05. The van der Waals surface area contributed by atoms with Gasteiger partial charge in [0.2, 0.25) is 5.78 Å². The lowest BCUT2D eigenvalue weighted by Gasteiger charge is -1.95. The van der Waals surface area contributed by atoms with E-state index >= 15 is 0 Å². The van der Waals surface area contributed by atoms with E-state index in [-0.39, 0.29) is 5.78 Å². The Hall–Kier alpha value is -1.31. The molecule has 0 fully saturated rings. The van der Waals surface area contributed by atoms with Crippen LogP contribution in [0.4, 0.5) is 0 Å². The van der Waals surface area contributed by atoms with Crippen molar-refractivity contribution in [3.63, 3.8) is 0 Å². The fraction of sp³-hybridized carbons (Fsp3) is 0.500. The third kappa shape index (κ3) is 4.96. The molecule has 1 N–H and O–H groups in total. The third-order valence-corrected chi connectivity index (χ3v) is 2.61. The maximum Gasteiger partial charge on any atom is 0.201 e. The second kappa shape index (κ2) is 7.91. The minimum absolute atomic E-state index is 0.0681. The Labute approximate surface area is 97.8 Å². The summed E-state index contributed by atoms with van der Waals surface area (Å²) in [4.78, 5) is 14.4. The first-order valence-corrected chi connectivity index (χ1v) is 6.19. The van der Waals surface area contributed by atoms with E-state index in [0.29, 0.717) is 5.69 Å². The summed E-state index contributed by atoms with van der Waals surface area (Å²) in [7, 11) is 0. The molecule has 0 amide bonds. The van der Waals surface area contributed by atoms with Crippen LogP contribution < -0.4 is 0 Å². The van der Waals surface area contributed by atoms with Gasteiger partial charge in [-0.3, -0.25) is 4.79 Å². The number of aromatic amines is 1. The number of ketones is 1. The lowest BCUT2D eigenvalue weighted by atomic mass is 10.1. The highest BCUT2D eigenvalue weighted by Crippen LogP contribution is 2.06. The van der Waals surface area contributed by atoms with Gasteiger partial charge >= 0.3 is 0 Å². The van der Waals surface area contributed by atoms with Gasteiger partial charge in [-0.05, 0) is 31.1 Å². The average Bonchev–Trinajstić information content (AvgIpc) is 2.81. The number of carbonyl (C=O) groups is 1. The molecule has 1 aromatic heterocycles. The molecule has 0 aliphatic rings. The fourth-order valence-electron chi connectivity index (χ4n) is 1.63. The Morgan fingerprint density at radius 1 is 1.31 bits per heavy atom. The summed E-state index contributed by atoms with van der Waals surface area (Å²) in [6.45, 7) is 2.22. The number of H-pyrrole nitrogens is 1. The molecule has 2 heteroatoms. The van der Waals surface area contributed by atoms with E-state index in [1.807, 2.05) is 12.1 Å². The zero-order valence-electron chi connectivity index (χ0n) is 10.0. The first kappa shape index (κ1) is 12.8. The molecule has 0 aromatic carbocycles. The lowest BCUT2D eigenvalue weighted by molar-refractivity contribution is 0.104. The minimum atomic E-state index is 0.0681.